The van der Waals surface area contributed by atoms with Crippen LogP contribution in [-0.4, -0.2) is 5.97 Å². The molecule has 0 heterocycles. The van der Waals surface area contributed by atoms with Crippen LogP contribution in [-0.2, 0) is 4.79 Å². The highest BCUT2D eigenvalue weighted by Gasteiger charge is 2.01. The van der Waals surface area contributed by atoms with Gasteiger partial charge >= 0.3 is 0 Å². The zero-order valence-electron chi connectivity index (χ0n) is 12.4. The fourth-order valence-corrected chi connectivity index (χ4v) is 2.28. The predicted molar refractivity (Wildman–Crippen MR) is 82.0 cm³/mol. The van der Waals surface area contributed by atoms with Crippen LogP contribution in [0.2, 0.25) is 0 Å². The van der Waals surface area contributed by atoms with Crippen molar-refractivity contribution in [2.24, 2.45) is 0 Å². The molecule has 20 heavy (non-hydrogen) atoms. The molecule has 2 heteroatoms. The Morgan fingerprint density at radius 3 is 2.20 bits per heavy atom. The van der Waals surface area contributed by atoms with Crippen molar-refractivity contribution in [2.75, 3.05) is 0 Å². The third-order valence-electron chi connectivity index (χ3n) is 3.46. The fourth-order valence-electron chi connectivity index (χ4n) is 2.28. The van der Waals surface area contributed by atoms with E-state index in [0.717, 1.165) is 18.4 Å². The molecule has 0 aliphatic heterocycles. The Bertz CT molecular complexity index is 407. The number of allylic oxidation sites excluding steroid dienone is 1. The van der Waals surface area contributed by atoms with Crippen LogP contribution in [0.15, 0.2) is 36.4 Å². The van der Waals surface area contributed by atoms with Gasteiger partial charge in [0.25, 0.3) is 0 Å². The number of carbonyl (C=O) groups is 1. The normalized spacial score (nSPS) is 11.6. The maximum absolute atomic E-state index is 11.2. The lowest BCUT2D eigenvalue weighted by Crippen LogP contribution is -2.23. The molecular weight excluding hydrogens is 248 g/mol. The van der Waals surface area contributed by atoms with Gasteiger partial charge in [-0.2, -0.15) is 0 Å². The average Bonchev–Trinajstić information content (AvgIpc) is 2.46. The van der Waals surface area contributed by atoms with Crippen molar-refractivity contribution >= 4 is 11.5 Å². The second-order valence-electron chi connectivity index (χ2n) is 5.18. The highest BCUT2D eigenvalue weighted by atomic mass is 16.4. The lowest BCUT2D eigenvalue weighted by atomic mass is 10.0. The number of aliphatic carboxylic acids is 1. The Morgan fingerprint density at radius 2 is 1.60 bits per heavy atom. The topological polar surface area (TPSA) is 40.1 Å². The minimum atomic E-state index is -1.08. The summed E-state index contributed by atoms with van der Waals surface area (Å²) in [6.07, 6.45) is 11.3. The third-order valence-corrected chi connectivity index (χ3v) is 3.46. The molecule has 0 N–H and O–H groups in total. The highest BCUT2D eigenvalue weighted by Crippen LogP contribution is 2.16. The third kappa shape index (κ3) is 6.55. The van der Waals surface area contributed by atoms with Crippen LogP contribution in [0.3, 0.4) is 0 Å². The maximum atomic E-state index is 11.2. The Morgan fingerprint density at radius 1 is 1.00 bits per heavy atom. The van der Waals surface area contributed by atoms with Crippen LogP contribution >= 0.6 is 0 Å². The number of hydrogen-bond donors (Lipinski definition) is 0. The molecule has 0 saturated heterocycles. The largest absolute Gasteiger partial charge is 0.545 e. The summed E-state index contributed by atoms with van der Waals surface area (Å²) in [5.41, 5.74) is 1.05. The highest BCUT2D eigenvalue weighted by molar-refractivity contribution is 6.14. The van der Waals surface area contributed by atoms with E-state index in [2.05, 4.69) is 6.92 Å². The van der Waals surface area contributed by atoms with Crippen LogP contribution in [0.5, 0.6) is 0 Å². The fraction of sp³-hybridized carbons (Fsp3) is 0.500. The first kappa shape index (κ1) is 16.5. The summed E-state index contributed by atoms with van der Waals surface area (Å²) in [4.78, 5) is 11.2. The summed E-state index contributed by atoms with van der Waals surface area (Å²) in [5.74, 6) is -1.08. The molecule has 0 aliphatic rings. The molecule has 2 nitrogen and oxygen atoms in total. The monoisotopic (exact) mass is 273 g/mol. The molecular formula is C18H25O2-. The molecule has 0 atom stereocenters. The number of carboxylic acid groups (broad SMARTS) is 1. The van der Waals surface area contributed by atoms with Gasteiger partial charge < -0.3 is 9.90 Å². The van der Waals surface area contributed by atoms with Crippen molar-refractivity contribution in [1.82, 2.24) is 0 Å². The first-order valence-corrected chi connectivity index (χ1v) is 7.72. The maximum Gasteiger partial charge on any atom is 0.0718 e. The second-order valence-corrected chi connectivity index (χ2v) is 5.18. The standard InChI is InChI=1S/C18H26O2/c1-2-3-4-5-6-7-8-12-15-17(18(19)20)16-13-10-9-11-14-16/h9-11,13-15H,2-8,12H2,1H3,(H,19,20)/p-1/b17-15-. The van der Waals surface area contributed by atoms with Crippen LogP contribution in [0.1, 0.15) is 63.9 Å². The smallest absolute Gasteiger partial charge is 0.0718 e. The SMILES string of the molecule is CCCCCCCCC/C=C(\C(=O)[O-])c1ccccc1. The molecule has 0 spiro atoms. The molecule has 0 fully saturated rings. The van der Waals surface area contributed by atoms with Crippen LogP contribution in [0.4, 0.5) is 0 Å². The molecule has 1 rings (SSSR count). The number of carboxylic acids is 1. The summed E-state index contributed by atoms with van der Waals surface area (Å²) in [7, 11) is 0. The molecule has 0 amide bonds. The van der Waals surface area contributed by atoms with E-state index in [-0.39, 0.29) is 0 Å². The Labute approximate surface area is 122 Å². The van der Waals surface area contributed by atoms with Gasteiger partial charge in [-0.15, -0.1) is 0 Å². The number of carbonyl (C=O) groups excluding carboxylic acids is 1. The molecule has 0 unspecified atom stereocenters. The van der Waals surface area contributed by atoms with E-state index in [0.29, 0.717) is 5.57 Å². The first-order chi connectivity index (χ1) is 9.75. The summed E-state index contributed by atoms with van der Waals surface area (Å²) in [5, 5.41) is 11.2. The van der Waals surface area contributed by atoms with E-state index < -0.39 is 5.97 Å². The van der Waals surface area contributed by atoms with Gasteiger partial charge in [-0.05, 0) is 18.4 Å². The molecule has 0 radical (unpaired) electrons. The van der Waals surface area contributed by atoms with Gasteiger partial charge in [-0.25, -0.2) is 0 Å². The van der Waals surface area contributed by atoms with Gasteiger partial charge in [0.15, 0.2) is 0 Å². The summed E-state index contributed by atoms with van der Waals surface area (Å²) in [6, 6.07) is 9.20. The van der Waals surface area contributed by atoms with E-state index in [1.165, 1.54) is 38.5 Å². The van der Waals surface area contributed by atoms with Crippen molar-refractivity contribution in [1.29, 1.82) is 0 Å². The average molecular weight is 273 g/mol. The lowest BCUT2D eigenvalue weighted by molar-refractivity contribution is -0.295. The van der Waals surface area contributed by atoms with Gasteiger partial charge in [0.05, 0.1) is 5.97 Å². The molecule has 0 aromatic heterocycles. The Balaban J connectivity index is 2.33. The molecule has 0 aliphatic carbocycles. The van der Waals surface area contributed by atoms with E-state index in [4.69, 9.17) is 0 Å². The summed E-state index contributed by atoms with van der Waals surface area (Å²) < 4.78 is 0. The lowest BCUT2D eigenvalue weighted by Gasteiger charge is -2.09. The molecule has 0 bridgehead atoms. The zero-order valence-corrected chi connectivity index (χ0v) is 12.4. The van der Waals surface area contributed by atoms with Gasteiger partial charge in [-0.1, -0.05) is 81.9 Å². The number of rotatable bonds is 10. The van der Waals surface area contributed by atoms with Crippen molar-refractivity contribution in [3.05, 3.63) is 42.0 Å². The van der Waals surface area contributed by atoms with Crippen LogP contribution in [0.25, 0.3) is 5.57 Å². The second kappa shape index (κ2) is 10.2. The molecule has 0 saturated carbocycles. The van der Waals surface area contributed by atoms with Crippen molar-refractivity contribution in [3.8, 4) is 0 Å². The molecule has 1 aromatic rings. The van der Waals surface area contributed by atoms with Gasteiger partial charge in [-0.3, -0.25) is 0 Å². The number of unbranched alkanes of at least 4 members (excludes halogenated alkanes) is 7. The van der Waals surface area contributed by atoms with Crippen molar-refractivity contribution in [3.63, 3.8) is 0 Å². The van der Waals surface area contributed by atoms with Gasteiger partial charge in [0, 0.05) is 5.57 Å². The molecule has 1 aromatic carbocycles. The summed E-state index contributed by atoms with van der Waals surface area (Å²) in [6.45, 7) is 2.22. The van der Waals surface area contributed by atoms with Gasteiger partial charge in [0.2, 0.25) is 0 Å². The Hall–Kier alpha value is -1.57. The van der Waals surface area contributed by atoms with Crippen molar-refractivity contribution in [2.45, 2.75) is 58.3 Å². The minimum absolute atomic E-state index is 0.316. The van der Waals surface area contributed by atoms with E-state index in [1.54, 1.807) is 6.08 Å². The first-order valence-electron chi connectivity index (χ1n) is 7.72. The van der Waals surface area contributed by atoms with Gasteiger partial charge in [0.1, 0.15) is 0 Å². The van der Waals surface area contributed by atoms with E-state index >= 15 is 0 Å². The predicted octanol–water partition coefficient (Wildman–Crippen LogP) is 3.96. The van der Waals surface area contributed by atoms with Crippen molar-refractivity contribution < 1.29 is 9.90 Å². The minimum Gasteiger partial charge on any atom is -0.545 e. The van der Waals surface area contributed by atoms with E-state index in [9.17, 15) is 9.90 Å². The van der Waals surface area contributed by atoms with Crippen LogP contribution in [0, 0.1) is 0 Å². The number of hydrogen-bond acceptors (Lipinski definition) is 2. The quantitative estimate of drug-likeness (QED) is 0.478. The number of benzene rings is 1. The zero-order chi connectivity index (χ0) is 14.6. The molecule has 110 valence electrons. The summed E-state index contributed by atoms with van der Waals surface area (Å²) >= 11 is 0. The van der Waals surface area contributed by atoms with Crippen LogP contribution < -0.4 is 5.11 Å². The Kier molecular flexibility index (Phi) is 8.44. The van der Waals surface area contributed by atoms with E-state index in [1.807, 2.05) is 30.3 Å².